The van der Waals surface area contributed by atoms with E-state index in [0.717, 1.165) is 12.5 Å². The molecule has 2 nitrogen and oxygen atoms in total. The average Bonchev–Trinajstić information content (AvgIpc) is 3.08. The Bertz CT molecular complexity index is 450. The first-order valence-corrected chi connectivity index (χ1v) is 8.71. The van der Waals surface area contributed by atoms with E-state index in [-0.39, 0.29) is 0 Å². The van der Waals surface area contributed by atoms with Gasteiger partial charge in [0.25, 0.3) is 0 Å². The number of hydrogen-bond acceptors (Lipinski definition) is 2. The summed E-state index contributed by atoms with van der Waals surface area (Å²) in [6.07, 6.45) is 5.57. The Kier molecular flexibility index (Phi) is 4.79. The maximum absolute atomic E-state index is 3.64. The summed E-state index contributed by atoms with van der Waals surface area (Å²) >= 11 is 3.59. The summed E-state index contributed by atoms with van der Waals surface area (Å²) in [5.41, 5.74) is 2.79. The number of nitrogens with zero attached hydrogens (tertiary/aromatic N) is 1. The van der Waals surface area contributed by atoms with E-state index >= 15 is 0 Å². The Hall–Kier alpha value is -0.380. The summed E-state index contributed by atoms with van der Waals surface area (Å²) < 4.78 is 1.22. The standard InChI is InChI=1S/C17H25BrN2/c1-13-9-15(6-7-17(13)18)11-20(10-14-4-5-14)12-16-3-2-8-19-16/h6-7,9,14,16,19H,2-5,8,10-12H2,1H3. The smallest absolute Gasteiger partial charge is 0.0234 e. The maximum atomic E-state index is 3.64. The molecular formula is C17H25BrN2. The minimum absolute atomic E-state index is 0.713. The molecule has 1 aliphatic heterocycles. The Morgan fingerprint density at radius 3 is 2.75 bits per heavy atom. The van der Waals surface area contributed by atoms with Gasteiger partial charge in [-0.15, -0.1) is 0 Å². The van der Waals surface area contributed by atoms with Crippen LogP contribution in [0.3, 0.4) is 0 Å². The Balaban J connectivity index is 1.62. The van der Waals surface area contributed by atoms with Gasteiger partial charge in [0.2, 0.25) is 0 Å². The molecule has 0 aromatic heterocycles. The lowest BCUT2D eigenvalue weighted by atomic mass is 10.1. The van der Waals surface area contributed by atoms with Crippen molar-refractivity contribution in [3.63, 3.8) is 0 Å². The second kappa shape index (κ2) is 6.59. The summed E-state index contributed by atoms with van der Waals surface area (Å²) in [5, 5.41) is 3.64. The van der Waals surface area contributed by atoms with Crippen molar-refractivity contribution in [3.05, 3.63) is 33.8 Å². The fourth-order valence-electron chi connectivity index (χ4n) is 3.16. The number of halogens is 1. The van der Waals surface area contributed by atoms with Gasteiger partial charge in [0.1, 0.15) is 0 Å². The van der Waals surface area contributed by atoms with Gasteiger partial charge < -0.3 is 5.32 Å². The molecule has 1 saturated carbocycles. The molecule has 2 fully saturated rings. The van der Waals surface area contributed by atoms with Crippen LogP contribution in [0.25, 0.3) is 0 Å². The average molecular weight is 337 g/mol. The molecule has 1 unspecified atom stereocenters. The van der Waals surface area contributed by atoms with Crippen molar-refractivity contribution in [2.45, 2.75) is 45.2 Å². The lowest BCUT2D eigenvalue weighted by Gasteiger charge is -2.26. The van der Waals surface area contributed by atoms with E-state index in [0.29, 0.717) is 6.04 Å². The van der Waals surface area contributed by atoms with Crippen LogP contribution in [-0.4, -0.2) is 30.6 Å². The van der Waals surface area contributed by atoms with Gasteiger partial charge in [-0.1, -0.05) is 28.1 Å². The predicted molar refractivity (Wildman–Crippen MR) is 87.9 cm³/mol. The normalized spacial score (nSPS) is 22.6. The van der Waals surface area contributed by atoms with Crippen molar-refractivity contribution >= 4 is 15.9 Å². The largest absolute Gasteiger partial charge is 0.313 e. The van der Waals surface area contributed by atoms with Crippen molar-refractivity contribution < 1.29 is 0 Å². The van der Waals surface area contributed by atoms with E-state index in [9.17, 15) is 0 Å². The summed E-state index contributed by atoms with van der Waals surface area (Å²) in [4.78, 5) is 2.67. The van der Waals surface area contributed by atoms with Crippen molar-refractivity contribution in [2.75, 3.05) is 19.6 Å². The molecule has 0 amide bonds. The van der Waals surface area contributed by atoms with Crippen molar-refractivity contribution in [3.8, 4) is 0 Å². The van der Waals surface area contributed by atoms with Crippen LogP contribution in [-0.2, 0) is 6.54 Å². The molecule has 1 saturated heterocycles. The van der Waals surface area contributed by atoms with E-state index in [1.54, 1.807) is 0 Å². The van der Waals surface area contributed by atoms with Gasteiger partial charge in [-0.2, -0.15) is 0 Å². The maximum Gasteiger partial charge on any atom is 0.0234 e. The molecule has 2 aliphatic rings. The van der Waals surface area contributed by atoms with E-state index in [1.165, 1.54) is 60.9 Å². The van der Waals surface area contributed by atoms with E-state index in [2.05, 4.69) is 51.3 Å². The molecule has 1 heterocycles. The van der Waals surface area contributed by atoms with Crippen molar-refractivity contribution in [1.29, 1.82) is 0 Å². The van der Waals surface area contributed by atoms with Crippen LogP contribution in [0.2, 0.25) is 0 Å². The lowest BCUT2D eigenvalue weighted by molar-refractivity contribution is 0.232. The molecule has 1 aromatic rings. The first-order chi connectivity index (χ1) is 9.70. The van der Waals surface area contributed by atoms with E-state index in [4.69, 9.17) is 0 Å². The van der Waals surface area contributed by atoms with E-state index < -0.39 is 0 Å². The van der Waals surface area contributed by atoms with Crippen LogP contribution < -0.4 is 5.32 Å². The molecule has 1 N–H and O–H groups in total. The first kappa shape index (κ1) is 14.6. The highest BCUT2D eigenvalue weighted by Gasteiger charge is 2.26. The molecule has 3 rings (SSSR count). The number of benzene rings is 1. The van der Waals surface area contributed by atoms with Gasteiger partial charge in [-0.25, -0.2) is 0 Å². The zero-order valence-corrected chi connectivity index (χ0v) is 14.0. The molecular weight excluding hydrogens is 312 g/mol. The van der Waals surface area contributed by atoms with Gasteiger partial charge in [0.15, 0.2) is 0 Å². The highest BCUT2D eigenvalue weighted by atomic mass is 79.9. The monoisotopic (exact) mass is 336 g/mol. The van der Waals surface area contributed by atoms with Crippen LogP contribution >= 0.6 is 15.9 Å². The Labute approximate surface area is 131 Å². The quantitative estimate of drug-likeness (QED) is 0.851. The summed E-state index contributed by atoms with van der Waals surface area (Å²) in [7, 11) is 0. The van der Waals surface area contributed by atoms with Gasteiger partial charge in [0, 0.05) is 30.1 Å². The van der Waals surface area contributed by atoms with Crippen LogP contribution in [0.1, 0.15) is 36.8 Å². The second-order valence-corrected chi connectivity index (χ2v) is 7.37. The minimum atomic E-state index is 0.713. The Morgan fingerprint density at radius 1 is 1.25 bits per heavy atom. The topological polar surface area (TPSA) is 15.3 Å². The molecule has 0 spiro atoms. The fourth-order valence-corrected chi connectivity index (χ4v) is 3.40. The van der Waals surface area contributed by atoms with Crippen molar-refractivity contribution in [2.24, 2.45) is 5.92 Å². The molecule has 1 atom stereocenters. The van der Waals surface area contributed by atoms with Crippen LogP contribution in [0.4, 0.5) is 0 Å². The summed E-state index contributed by atoms with van der Waals surface area (Å²) in [5.74, 6) is 0.966. The molecule has 1 aromatic carbocycles. The third-order valence-corrected chi connectivity index (χ3v) is 5.37. The highest BCUT2D eigenvalue weighted by molar-refractivity contribution is 9.10. The third-order valence-electron chi connectivity index (χ3n) is 4.48. The zero-order valence-electron chi connectivity index (χ0n) is 12.4. The highest BCUT2D eigenvalue weighted by Crippen LogP contribution is 2.30. The zero-order chi connectivity index (χ0) is 13.9. The van der Waals surface area contributed by atoms with Crippen LogP contribution in [0.15, 0.2) is 22.7 Å². The molecule has 20 heavy (non-hydrogen) atoms. The van der Waals surface area contributed by atoms with Crippen molar-refractivity contribution in [1.82, 2.24) is 10.2 Å². The number of aryl methyl sites for hydroxylation is 1. The minimum Gasteiger partial charge on any atom is -0.313 e. The molecule has 3 heteroatoms. The summed E-state index contributed by atoms with van der Waals surface area (Å²) in [6.45, 7) is 6.98. The molecule has 1 aliphatic carbocycles. The number of rotatable bonds is 6. The molecule has 0 radical (unpaired) electrons. The number of hydrogen-bond donors (Lipinski definition) is 1. The van der Waals surface area contributed by atoms with Gasteiger partial charge in [-0.05, 0) is 62.3 Å². The Morgan fingerprint density at radius 2 is 2.10 bits per heavy atom. The second-order valence-electron chi connectivity index (χ2n) is 6.51. The first-order valence-electron chi connectivity index (χ1n) is 7.91. The molecule has 110 valence electrons. The third kappa shape index (κ3) is 4.06. The lowest BCUT2D eigenvalue weighted by Crippen LogP contribution is -2.38. The van der Waals surface area contributed by atoms with Crippen LogP contribution in [0.5, 0.6) is 0 Å². The predicted octanol–water partition coefficient (Wildman–Crippen LogP) is 3.72. The SMILES string of the molecule is Cc1cc(CN(CC2CC2)CC2CCCN2)ccc1Br. The van der Waals surface area contributed by atoms with Gasteiger partial charge >= 0.3 is 0 Å². The van der Waals surface area contributed by atoms with Gasteiger partial charge in [-0.3, -0.25) is 4.90 Å². The number of nitrogens with one attached hydrogen (secondary N) is 1. The summed E-state index contributed by atoms with van der Waals surface area (Å²) in [6, 6.07) is 7.49. The molecule has 0 bridgehead atoms. The van der Waals surface area contributed by atoms with Gasteiger partial charge in [0.05, 0.1) is 0 Å². The van der Waals surface area contributed by atoms with E-state index in [1.807, 2.05) is 0 Å². The fraction of sp³-hybridized carbons (Fsp3) is 0.647. The van der Waals surface area contributed by atoms with Crippen LogP contribution in [0, 0.1) is 12.8 Å².